The summed E-state index contributed by atoms with van der Waals surface area (Å²) in [5.41, 5.74) is 2.35. The van der Waals surface area contributed by atoms with Crippen LogP contribution in [0.25, 0.3) is 22.2 Å². The van der Waals surface area contributed by atoms with E-state index in [9.17, 15) is 14.3 Å². The number of carbonyl (C=O) groups is 1. The van der Waals surface area contributed by atoms with Crippen molar-refractivity contribution in [2.75, 3.05) is 0 Å². The van der Waals surface area contributed by atoms with Crippen LogP contribution in [0.5, 0.6) is 0 Å². The Hall–Kier alpha value is -3.61. The van der Waals surface area contributed by atoms with Crippen molar-refractivity contribution in [2.24, 2.45) is 0 Å². The van der Waals surface area contributed by atoms with Gasteiger partial charge in [0.1, 0.15) is 17.2 Å². The van der Waals surface area contributed by atoms with E-state index in [0.29, 0.717) is 17.9 Å². The van der Waals surface area contributed by atoms with E-state index < -0.39 is 11.6 Å². The third-order valence-electron chi connectivity index (χ3n) is 4.84. The number of nitrogens with zero attached hydrogens (tertiary/aromatic N) is 1. The molecule has 0 spiro atoms. The Labute approximate surface area is 160 Å². The third-order valence-corrected chi connectivity index (χ3v) is 4.84. The van der Waals surface area contributed by atoms with Gasteiger partial charge in [0.15, 0.2) is 0 Å². The predicted octanol–water partition coefficient (Wildman–Crippen LogP) is 4.42. The van der Waals surface area contributed by atoms with Crippen LogP contribution in [-0.2, 0) is 12.0 Å². The number of fused-ring (bicyclic) bond motifs is 1. The lowest BCUT2D eigenvalue weighted by Gasteiger charge is -2.27. The number of imidazole rings is 1. The number of aromatic nitrogens is 3. The predicted molar refractivity (Wildman–Crippen MR) is 104 cm³/mol. The van der Waals surface area contributed by atoms with Crippen molar-refractivity contribution in [2.45, 2.75) is 18.9 Å². The number of amides is 1. The van der Waals surface area contributed by atoms with Crippen LogP contribution in [0.4, 0.5) is 9.18 Å². The Morgan fingerprint density at radius 1 is 1.14 bits per heavy atom. The van der Waals surface area contributed by atoms with Crippen molar-refractivity contribution >= 4 is 17.0 Å². The topological polar surface area (TPSA) is 93.8 Å². The van der Waals surface area contributed by atoms with Gasteiger partial charge in [-0.25, -0.2) is 14.2 Å². The molecule has 7 heteroatoms. The van der Waals surface area contributed by atoms with Gasteiger partial charge in [-0.2, -0.15) is 0 Å². The molecule has 4 rings (SSSR count). The van der Waals surface area contributed by atoms with Gasteiger partial charge in [0.2, 0.25) is 0 Å². The number of benzene rings is 2. The van der Waals surface area contributed by atoms with Gasteiger partial charge in [-0.05, 0) is 42.8 Å². The van der Waals surface area contributed by atoms with Crippen LogP contribution in [0.2, 0.25) is 0 Å². The molecule has 2 aromatic heterocycles. The van der Waals surface area contributed by atoms with Crippen molar-refractivity contribution < 1.29 is 14.3 Å². The van der Waals surface area contributed by atoms with Crippen molar-refractivity contribution in [3.8, 4) is 11.3 Å². The standard InChI is InChI=1S/C21H19FN4O2/c1-21(26-20(27)28,10-14-11-23-17-5-3-2-4-16(14)17)19-24-12-18(25-19)13-6-8-15(22)9-7-13/h2-9,11-12,23,26H,10H2,1H3,(H,24,25)(H,27,28)/t21-/m0/s1. The number of para-hydroxylation sites is 1. The highest BCUT2D eigenvalue weighted by Gasteiger charge is 2.33. The van der Waals surface area contributed by atoms with Crippen LogP contribution >= 0.6 is 0 Å². The lowest BCUT2D eigenvalue weighted by atomic mass is 9.91. The lowest BCUT2D eigenvalue weighted by Crippen LogP contribution is -2.45. The molecule has 6 nitrogen and oxygen atoms in total. The van der Waals surface area contributed by atoms with Gasteiger partial charge in [-0.1, -0.05) is 18.2 Å². The fourth-order valence-electron chi connectivity index (χ4n) is 3.45. The Morgan fingerprint density at radius 2 is 1.89 bits per heavy atom. The van der Waals surface area contributed by atoms with E-state index in [0.717, 1.165) is 22.0 Å². The maximum Gasteiger partial charge on any atom is 0.405 e. The average Bonchev–Trinajstić information content (AvgIpc) is 3.30. The number of hydrogen-bond donors (Lipinski definition) is 4. The van der Waals surface area contributed by atoms with Gasteiger partial charge < -0.3 is 20.4 Å². The largest absolute Gasteiger partial charge is 0.465 e. The van der Waals surface area contributed by atoms with Crippen LogP contribution in [0, 0.1) is 5.82 Å². The third kappa shape index (κ3) is 3.34. The maximum atomic E-state index is 13.2. The number of H-pyrrole nitrogens is 2. The first-order valence-corrected chi connectivity index (χ1v) is 8.82. The summed E-state index contributed by atoms with van der Waals surface area (Å²) in [7, 11) is 0. The minimum atomic E-state index is -1.14. The molecule has 0 radical (unpaired) electrons. The Kier molecular flexibility index (Phi) is 4.35. The van der Waals surface area contributed by atoms with E-state index in [2.05, 4.69) is 20.3 Å². The molecular weight excluding hydrogens is 359 g/mol. The second-order valence-corrected chi connectivity index (χ2v) is 6.94. The van der Waals surface area contributed by atoms with Gasteiger partial charge in [-0.3, -0.25) is 0 Å². The number of carboxylic acid groups (broad SMARTS) is 1. The zero-order valence-corrected chi connectivity index (χ0v) is 15.2. The second kappa shape index (κ2) is 6.84. The van der Waals surface area contributed by atoms with E-state index in [1.807, 2.05) is 30.5 Å². The minimum Gasteiger partial charge on any atom is -0.465 e. The Morgan fingerprint density at radius 3 is 2.64 bits per heavy atom. The van der Waals surface area contributed by atoms with Crippen molar-refractivity contribution in [1.82, 2.24) is 20.3 Å². The molecular formula is C21H19FN4O2. The summed E-state index contributed by atoms with van der Waals surface area (Å²) >= 11 is 0. The maximum absolute atomic E-state index is 13.2. The molecule has 0 aliphatic rings. The molecule has 2 heterocycles. The number of halogens is 1. The SMILES string of the molecule is C[C@@](Cc1c[nH]c2ccccc12)(NC(=O)O)c1nc(-c2ccc(F)cc2)c[nH]1. The molecule has 0 saturated heterocycles. The monoisotopic (exact) mass is 378 g/mol. The van der Waals surface area contributed by atoms with E-state index >= 15 is 0 Å². The highest BCUT2D eigenvalue weighted by molar-refractivity contribution is 5.83. The molecule has 28 heavy (non-hydrogen) atoms. The van der Waals surface area contributed by atoms with Crippen LogP contribution in [0.1, 0.15) is 18.3 Å². The zero-order chi connectivity index (χ0) is 19.7. The second-order valence-electron chi connectivity index (χ2n) is 6.94. The van der Waals surface area contributed by atoms with Crippen molar-refractivity contribution in [3.63, 3.8) is 0 Å². The molecule has 0 aliphatic carbocycles. The molecule has 0 aliphatic heterocycles. The highest BCUT2D eigenvalue weighted by Crippen LogP contribution is 2.29. The fourth-order valence-corrected chi connectivity index (χ4v) is 3.45. The Bertz CT molecular complexity index is 1130. The molecule has 4 N–H and O–H groups in total. The van der Waals surface area contributed by atoms with E-state index in [1.54, 1.807) is 25.3 Å². The van der Waals surface area contributed by atoms with E-state index in [-0.39, 0.29) is 5.82 Å². The van der Waals surface area contributed by atoms with Gasteiger partial charge in [0, 0.05) is 35.3 Å². The normalized spacial score (nSPS) is 13.4. The van der Waals surface area contributed by atoms with Crippen LogP contribution in [0.3, 0.4) is 0 Å². The quantitative estimate of drug-likeness (QED) is 0.414. The first-order chi connectivity index (χ1) is 13.4. The molecule has 0 saturated carbocycles. The minimum absolute atomic E-state index is 0.323. The van der Waals surface area contributed by atoms with Crippen molar-refractivity contribution in [1.29, 1.82) is 0 Å². The number of nitrogens with one attached hydrogen (secondary N) is 3. The summed E-state index contributed by atoms with van der Waals surface area (Å²) in [6.45, 7) is 1.79. The first-order valence-electron chi connectivity index (χ1n) is 8.82. The van der Waals surface area contributed by atoms with Gasteiger partial charge in [0.05, 0.1) is 5.69 Å². The zero-order valence-electron chi connectivity index (χ0n) is 15.2. The molecule has 4 aromatic rings. The van der Waals surface area contributed by atoms with E-state index in [4.69, 9.17) is 0 Å². The molecule has 1 amide bonds. The summed E-state index contributed by atoms with van der Waals surface area (Å²) in [6, 6.07) is 13.9. The molecule has 0 fully saturated rings. The molecule has 142 valence electrons. The van der Waals surface area contributed by atoms with Gasteiger partial charge in [0.25, 0.3) is 0 Å². The molecule has 2 aromatic carbocycles. The molecule has 1 atom stereocenters. The summed E-state index contributed by atoms with van der Waals surface area (Å²) in [6.07, 6.45) is 2.84. The summed E-state index contributed by atoms with van der Waals surface area (Å²) in [5, 5.41) is 13.0. The van der Waals surface area contributed by atoms with Crippen LogP contribution in [-0.4, -0.2) is 26.2 Å². The number of rotatable bonds is 5. The number of aromatic amines is 2. The molecule has 0 bridgehead atoms. The fraction of sp³-hybridized carbons (Fsp3) is 0.143. The average molecular weight is 378 g/mol. The van der Waals surface area contributed by atoms with Crippen LogP contribution in [0.15, 0.2) is 60.9 Å². The van der Waals surface area contributed by atoms with Gasteiger partial charge in [-0.15, -0.1) is 0 Å². The van der Waals surface area contributed by atoms with Crippen LogP contribution < -0.4 is 5.32 Å². The highest BCUT2D eigenvalue weighted by atomic mass is 19.1. The number of hydrogen-bond acceptors (Lipinski definition) is 2. The smallest absolute Gasteiger partial charge is 0.405 e. The van der Waals surface area contributed by atoms with Gasteiger partial charge >= 0.3 is 6.09 Å². The summed E-state index contributed by atoms with van der Waals surface area (Å²) in [4.78, 5) is 22.4. The van der Waals surface area contributed by atoms with E-state index in [1.165, 1.54) is 12.1 Å². The first kappa shape index (κ1) is 17.8. The summed E-state index contributed by atoms with van der Waals surface area (Å²) in [5.74, 6) is 0.163. The lowest BCUT2D eigenvalue weighted by molar-refractivity contribution is 0.178. The molecule has 0 unspecified atom stereocenters. The summed E-state index contributed by atoms with van der Waals surface area (Å²) < 4.78 is 13.2. The van der Waals surface area contributed by atoms with Crippen molar-refractivity contribution in [3.05, 3.63) is 78.1 Å². The Balaban J connectivity index is 1.71.